The Labute approximate surface area is 147 Å². The smallest absolute Gasteiger partial charge is 0.341 e. The van der Waals surface area contributed by atoms with Crippen LogP contribution >= 0.6 is 0 Å². The molecule has 1 aromatic rings. The van der Waals surface area contributed by atoms with Crippen LogP contribution < -0.4 is 10.1 Å². The largest absolute Gasteiger partial charge is 0.482 e. The predicted octanol–water partition coefficient (Wildman–Crippen LogP) is 1.91. The first kappa shape index (κ1) is 19.2. The van der Waals surface area contributed by atoms with Gasteiger partial charge in [0.2, 0.25) is 5.91 Å². The van der Waals surface area contributed by atoms with Crippen LogP contribution in [0.5, 0.6) is 5.75 Å². The SMILES string of the molecule is CC(OCC1CCCO1)C(=O)NC(C)c1ccc(OCC(=O)O)cc1. The van der Waals surface area contributed by atoms with E-state index in [1.165, 1.54) is 0 Å². The van der Waals surface area contributed by atoms with Crippen molar-refractivity contribution in [2.75, 3.05) is 19.8 Å². The molecule has 1 heterocycles. The van der Waals surface area contributed by atoms with E-state index in [0.29, 0.717) is 12.4 Å². The minimum absolute atomic E-state index is 0.0889. The second kappa shape index (κ2) is 9.39. The van der Waals surface area contributed by atoms with Crippen molar-refractivity contribution in [3.63, 3.8) is 0 Å². The molecule has 1 aromatic carbocycles. The summed E-state index contributed by atoms with van der Waals surface area (Å²) in [4.78, 5) is 22.7. The fourth-order valence-electron chi connectivity index (χ4n) is 2.52. The summed E-state index contributed by atoms with van der Waals surface area (Å²) in [6, 6.07) is 6.74. The molecule has 2 rings (SSSR count). The van der Waals surface area contributed by atoms with Crippen LogP contribution in [0.1, 0.15) is 38.3 Å². The third-order valence-electron chi connectivity index (χ3n) is 4.03. The summed E-state index contributed by atoms with van der Waals surface area (Å²) in [5, 5.41) is 11.5. The molecular formula is C18H25NO6. The van der Waals surface area contributed by atoms with Gasteiger partial charge in [0.1, 0.15) is 11.9 Å². The van der Waals surface area contributed by atoms with E-state index >= 15 is 0 Å². The van der Waals surface area contributed by atoms with Gasteiger partial charge in [0, 0.05) is 6.61 Å². The van der Waals surface area contributed by atoms with E-state index in [1.54, 1.807) is 31.2 Å². The number of carboxylic acid groups (broad SMARTS) is 1. The maximum absolute atomic E-state index is 12.2. The van der Waals surface area contributed by atoms with Crippen molar-refractivity contribution in [3.05, 3.63) is 29.8 Å². The zero-order valence-electron chi connectivity index (χ0n) is 14.6. The van der Waals surface area contributed by atoms with E-state index in [-0.39, 0.29) is 24.7 Å². The molecule has 7 heteroatoms. The van der Waals surface area contributed by atoms with Gasteiger partial charge in [0.25, 0.3) is 0 Å². The molecule has 0 saturated carbocycles. The van der Waals surface area contributed by atoms with Gasteiger partial charge >= 0.3 is 5.97 Å². The Balaban J connectivity index is 1.78. The first-order chi connectivity index (χ1) is 12.0. The van der Waals surface area contributed by atoms with Gasteiger partial charge in [-0.3, -0.25) is 4.79 Å². The van der Waals surface area contributed by atoms with Crippen molar-refractivity contribution in [1.82, 2.24) is 5.32 Å². The highest BCUT2D eigenvalue weighted by molar-refractivity contribution is 5.80. The van der Waals surface area contributed by atoms with Crippen LogP contribution in [0, 0.1) is 0 Å². The summed E-state index contributed by atoms with van der Waals surface area (Å²) in [6.07, 6.45) is 1.55. The normalized spacial score (nSPS) is 19.2. The number of rotatable bonds is 9. The van der Waals surface area contributed by atoms with Gasteiger partial charge in [0.05, 0.1) is 18.8 Å². The third-order valence-corrected chi connectivity index (χ3v) is 4.03. The Bertz CT molecular complexity index is 567. The van der Waals surface area contributed by atoms with Crippen molar-refractivity contribution in [1.29, 1.82) is 0 Å². The Hall–Kier alpha value is -2.12. The zero-order chi connectivity index (χ0) is 18.2. The van der Waals surface area contributed by atoms with Gasteiger partial charge in [0.15, 0.2) is 6.61 Å². The van der Waals surface area contributed by atoms with E-state index in [9.17, 15) is 9.59 Å². The molecule has 7 nitrogen and oxygen atoms in total. The van der Waals surface area contributed by atoms with E-state index in [0.717, 1.165) is 25.0 Å². The maximum atomic E-state index is 12.2. The summed E-state index contributed by atoms with van der Waals surface area (Å²) in [6.45, 7) is 4.40. The van der Waals surface area contributed by atoms with Crippen LogP contribution in [0.15, 0.2) is 24.3 Å². The van der Waals surface area contributed by atoms with E-state index in [2.05, 4.69) is 5.32 Å². The molecule has 0 bridgehead atoms. The van der Waals surface area contributed by atoms with Crippen molar-refractivity contribution in [3.8, 4) is 5.75 Å². The van der Waals surface area contributed by atoms with E-state index < -0.39 is 12.1 Å². The highest BCUT2D eigenvalue weighted by Gasteiger charge is 2.21. The number of nitrogens with one attached hydrogen (secondary N) is 1. The third kappa shape index (κ3) is 6.36. The summed E-state index contributed by atoms with van der Waals surface area (Å²) in [5.41, 5.74) is 0.891. The number of carboxylic acids is 1. The molecule has 0 radical (unpaired) electrons. The summed E-state index contributed by atoms with van der Waals surface area (Å²) in [7, 11) is 0. The lowest BCUT2D eigenvalue weighted by Gasteiger charge is -2.20. The highest BCUT2D eigenvalue weighted by atomic mass is 16.5. The van der Waals surface area contributed by atoms with Gasteiger partial charge in [-0.15, -0.1) is 0 Å². The van der Waals surface area contributed by atoms with E-state index in [4.69, 9.17) is 19.3 Å². The topological polar surface area (TPSA) is 94.1 Å². The number of amides is 1. The fraction of sp³-hybridized carbons (Fsp3) is 0.556. The molecule has 25 heavy (non-hydrogen) atoms. The summed E-state index contributed by atoms with van der Waals surface area (Å²) in [5.74, 6) is -0.739. The Kier molecular flexibility index (Phi) is 7.21. The lowest BCUT2D eigenvalue weighted by atomic mass is 10.1. The van der Waals surface area contributed by atoms with Gasteiger partial charge in [-0.25, -0.2) is 4.79 Å². The van der Waals surface area contributed by atoms with Gasteiger partial charge in [-0.2, -0.15) is 0 Å². The summed E-state index contributed by atoms with van der Waals surface area (Å²) < 4.78 is 16.1. The molecule has 1 aliphatic heterocycles. The predicted molar refractivity (Wildman–Crippen MR) is 90.5 cm³/mol. The van der Waals surface area contributed by atoms with Gasteiger partial charge < -0.3 is 24.6 Å². The molecule has 138 valence electrons. The first-order valence-electron chi connectivity index (χ1n) is 8.44. The van der Waals surface area contributed by atoms with Crippen LogP contribution in [0.3, 0.4) is 0 Å². The van der Waals surface area contributed by atoms with Crippen LogP contribution in [0.25, 0.3) is 0 Å². The van der Waals surface area contributed by atoms with Crippen LogP contribution in [-0.2, 0) is 19.1 Å². The van der Waals surface area contributed by atoms with Crippen LogP contribution in [-0.4, -0.2) is 49.0 Å². The van der Waals surface area contributed by atoms with Crippen molar-refractivity contribution in [2.24, 2.45) is 0 Å². The van der Waals surface area contributed by atoms with Crippen LogP contribution in [0.4, 0.5) is 0 Å². The minimum atomic E-state index is -1.03. The number of ether oxygens (including phenoxy) is 3. The average molecular weight is 351 g/mol. The molecule has 0 aromatic heterocycles. The number of carbonyl (C=O) groups excluding carboxylic acids is 1. The molecule has 0 aliphatic carbocycles. The number of hydrogen-bond donors (Lipinski definition) is 2. The minimum Gasteiger partial charge on any atom is -0.482 e. The summed E-state index contributed by atoms with van der Waals surface area (Å²) >= 11 is 0. The molecule has 3 unspecified atom stereocenters. The number of benzene rings is 1. The molecule has 0 spiro atoms. The maximum Gasteiger partial charge on any atom is 0.341 e. The van der Waals surface area contributed by atoms with Crippen molar-refractivity contribution in [2.45, 2.75) is 44.9 Å². The van der Waals surface area contributed by atoms with Gasteiger partial charge in [-0.05, 0) is 44.4 Å². The lowest BCUT2D eigenvalue weighted by molar-refractivity contribution is -0.139. The highest BCUT2D eigenvalue weighted by Crippen LogP contribution is 2.18. The Morgan fingerprint density at radius 3 is 2.64 bits per heavy atom. The lowest BCUT2D eigenvalue weighted by Crippen LogP contribution is -2.37. The number of carbonyl (C=O) groups is 2. The molecule has 1 amide bonds. The number of aliphatic carboxylic acids is 1. The monoisotopic (exact) mass is 351 g/mol. The van der Waals surface area contributed by atoms with Crippen molar-refractivity contribution < 1.29 is 28.9 Å². The standard InChI is InChI=1S/C18H25NO6/c1-12(14-5-7-15(8-6-14)25-11-17(20)21)19-18(22)13(2)24-10-16-4-3-9-23-16/h5-8,12-13,16H,3-4,9-11H2,1-2H3,(H,19,22)(H,20,21). The second-order valence-corrected chi connectivity index (χ2v) is 6.09. The molecule has 1 fully saturated rings. The van der Waals surface area contributed by atoms with Crippen LogP contribution in [0.2, 0.25) is 0 Å². The average Bonchev–Trinajstić information content (AvgIpc) is 3.11. The molecule has 1 saturated heterocycles. The Morgan fingerprint density at radius 1 is 1.32 bits per heavy atom. The number of hydrogen-bond acceptors (Lipinski definition) is 5. The van der Waals surface area contributed by atoms with Gasteiger partial charge in [-0.1, -0.05) is 12.1 Å². The zero-order valence-corrected chi connectivity index (χ0v) is 14.6. The fourth-order valence-corrected chi connectivity index (χ4v) is 2.52. The molecular weight excluding hydrogens is 326 g/mol. The van der Waals surface area contributed by atoms with E-state index in [1.807, 2.05) is 6.92 Å². The Morgan fingerprint density at radius 2 is 2.04 bits per heavy atom. The van der Waals surface area contributed by atoms with Crippen molar-refractivity contribution >= 4 is 11.9 Å². The molecule has 2 N–H and O–H groups in total. The second-order valence-electron chi connectivity index (χ2n) is 6.09. The quantitative estimate of drug-likeness (QED) is 0.706. The molecule has 1 aliphatic rings. The molecule has 3 atom stereocenters. The first-order valence-corrected chi connectivity index (χ1v) is 8.44.